The summed E-state index contributed by atoms with van der Waals surface area (Å²) < 4.78 is 0. The molecule has 0 aromatic rings. The highest BCUT2D eigenvalue weighted by Crippen LogP contribution is 2.35. The smallest absolute Gasteiger partial charge is 0.176 e. The van der Waals surface area contributed by atoms with Crippen LogP contribution in [-0.4, -0.2) is 17.2 Å². The Morgan fingerprint density at radius 3 is 3.18 bits per heavy atom. The summed E-state index contributed by atoms with van der Waals surface area (Å²) in [5.41, 5.74) is 2.00. The highest BCUT2D eigenvalue weighted by Gasteiger charge is 2.25. The lowest BCUT2D eigenvalue weighted by atomic mass is 10.1. The van der Waals surface area contributed by atoms with Crippen molar-refractivity contribution in [2.24, 2.45) is 4.99 Å². The molecule has 0 aromatic heterocycles. The lowest BCUT2D eigenvalue weighted by molar-refractivity contribution is -0.113. The molecule has 2 rings (SSSR count). The van der Waals surface area contributed by atoms with Crippen molar-refractivity contribution in [1.82, 2.24) is 0 Å². The Morgan fingerprint density at radius 1 is 1.55 bits per heavy atom. The summed E-state index contributed by atoms with van der Waals surface area (Å²) in [6.07, 6.45) is 1.51. The van der Waals surface area contributed by atoms with E-state index in [1.165, 1.54) is 0 Å². The van der Waals surface area contributed by atoms with Crippen molar-refractivity contribution in [2.75, 3.05) is 5.75 Å². The molecule has 0 saturated heterocycles. The largest absolute Gasteiger partial charge is 0.293 e. The predicted molar refractivity (Wildman–Crippen MR) is 46.8 cm³/mol. The van der Waals surface area contributed by atoms with Gasteiger partial charge in [-0.1, -0.05) is 0 Å². The first-order valence-electron chi connectivity index (χ1n) is 3.70. The lowest BCUT2D eigenvalue weighted by Crippen LogP contribution is -2.10. The molecular weight excluding hydrogens is 158 g/mol. The molecule has 11 heavy (non-hydrogen) atoms. The number of carbonyl (C=O) groups is 1. The quantitative estimate of drug-likeness (QED) is 0.550. The van der Waals surface area contributed by atoms with Gasteiger partial charge in [0.25, 0.3) is 0 Å². The summed E-state index contributed by atoms with van der Waals surface area (Å²) in [6.45, 7) is 1.92. The predicted octanol–water partition coefficient (Wildman–Crippen LogP) is 1.77. The van der Waals surface area contributed by atoms with Gasteiger partial charge in [0.2, 0.25) is 0 Å². The number of carbonyl (C=O) groups excluding carboxylic acids is 1. The van der Waals surface area contributed by atoms with Crippen LogP contribution in [0.25, 0.3) is 0 Å². The van der Waals surface area contributed by atoms with Crippen molar-refractivity contribution in [3.63, 3.8) is 0 Å². The minimum absolute atomic E-state index is 0.273. The zero-order chi connectivity index (χ0) is 7.84. The van der Waals surface area contributed by atoms with Gasteiger partial charge in [0.15, 0.2) is 5.78 Å². The van der Waals surface area contributed by atoms with Gasteiger partial charge in [0.1, 0.15) is 0 Å². The normalized spacial score (nSPS) is 23.7. The van der Waals surface area contributed by atoms with Crippen molar-refractivity contribution in [3.8, 4) is 0 Å². The van der Waals surface area contributed by atoms with Gasteiger partial charge in [0.05, 0.1) is 10.6 Å². The molecule has 0 radical (unpaired) electrons. The Bertz CT molecular complexity index is 278. The van der Waals surface area contributed by atoms with E-state index in [-0.39, 0.29) is 5.78 Å². The van der Waals surface area contributed by atoms with E-state index in [0.29, 0.717) is 6.42 Å². The topological polar surface area (TPSA) is 29.4 Å². The monoisotopic (exact) mass is 167 g/mol. The number of aliphatic imine (C=N–C) groups is 1. The average Bonchev–Trinajstić information content (AvgIpc) is 2.34. The maximum absolute atomic E-state index is 11.3. The van der Waals surface area contributed by atoms with Crippen LogP contribution in [0.2, 0.25) is 0 Å². The minimum Gasteiger partial charge on any atom is -0.293 e. The molecule has 0 aromatic carbocycles. The summed E-state index contributed by atoms with van der Waals surface area (Å²) in [7, 11) is 0. The SMILES string of the molecule is CC1=NC2=C(SCC2)C(=O)C1. The van der Waals surface area contributed by atoms with Crippen LogP contribution in [0.1, 0.15) is 19.8 Å². The summed E-state index contributed by atoms with van der Waals surface area (Å²) in [4.78, 5) is 16.6. The molecule has 0 aliphatic carbocycles. The third-order valence-corrected chi connectivity index (χ3v) is 3.00. The maximum Gasteiger partial charge on any atom is 0.176 e. The Hall–Kier alpha value is -0.570. The van der Waals surface area contributed by atoms with Gasteiger partial charge in [-0.2, -0.15) is 0 Å². The van der Waals surface area contributed by atoms with Crippen LogP contribution in [0.3, 0.4) is 0 Å². The summed E-state index contributed by atoms with van der Waals surface area (Å²) in [6, 6.07) is 0. The number of allylic oxidation sites excluding steroid dienone is 2. The fraction of sp³-hybridized carbons (Fsp3) is 0.500. The Labute approximate surface area is 69.8 Å². The summed E-state index contributed by atoms with van der Waals surface area (Å²) >= 11 is 1.66. The van der Waals surface area contributed by atoms with Gasteiger partial charge in [-0.05, 0) is 6.92 Å². The average molecular weight is 167 g/mol. The molecular formula is C8H9NOS. The second-order valence-electron chi connectivity index (χ2n) is 2.82. The molecule has 2 aliphatic heterocycles. The minimum atomic E-state index is 0.273. The molecule has 0 spiro atoms. The van der Waals surface area contributed by atoms with Crippen LogP contribution >= 0.6 is 11.8 Å². The second-order valence-corrected chi connectivity index (χ2v) is 3.93. The number of nitrogens with zero attached hydrogens (tertiary/aromatic N) is 1. The highest BCUT2D eigenvalue weighted by molar-refractivity contribution is 8.04. The molecule has 2 aliphatic rings. The van der Waals surface area contributed by atoms with Crippen molar-refractivity contribution in [2.45, 2.75) is 19.8 Å². The molecule has 0 bridgehead atoms. The molecule has 58 valence electrons. The lowest BCUT2D eigenvalue weighted by Gasteiger charge is -2.08. The number of Topliss-reactive ketones (excluding diaryl/α,β-unsaturated/α-hetero) is 1. The molecule has 3 heteroatoms. The van der Waals surface area contributed by atoms with E-state index in [9.17, 15) is 4.79 Å². The number of hydrogen-bond acceptors (Lipinski definition) is 3. The van der Waals surface area contributed by atoms with E-state index < -0.39 is 0 Å². The van der Waals surface area contributed by atoms with Crippen molar-refractivity contribution in [3.05, 3.63) is 10.6 Å². The van der Waals surface area contributed by atoms with Crippen LogP contribution in [0.15, 0.2) is 15.6 Å². The van der Waals surface area contributed by atoms with Crippen molar-refractivity contribution in [1.29, 1.82) is 0 Å². The summed E-state index contributed by atoms with van der Waals surface area (Å²) in [5.74, 6) is 1.31. The molecule has 0 fully saturated rings. The third-order valence-electron chi connectivity index (χ3n) is 1.84. The Balaban J connectivity index is 2.41. The fourth-order valence-corrected chi connectivity index (χ4v) is 2.42. The summed E-state index contributed by atoms with van der Waals surface area (Å²) in [5, 5.41) is 0. The highest BCUT2D eigenvalue weighted by atomic mass is 32.2. The molecule has 0 saturated carbocycles. The van der Waals surface area contributed by atoms with E-state index in [1.54, 1.807) is 11.8 Å². The van der Waals surface area contributed by atoms with Crippen molar-refractivity contribution >= 4 is 23.3 Å². The fourth-order valence-electron chi connectivity index (χ4n) is 1.38. The zero-order valence-electron chi connectivity index (χ0n) is 6.39. The number of ketones is 1. The molecule has 0 amide bonds. The first-order chi connectivity index (χ1) is 5.27. The zero-order valence-corrected chi connectivity index (χ0v) is 7.20. The van der Waals surface area contributed by atoms with E-state index in [4.69, 9.17) is 0 Å². The van der Waals surface area contributed by atoms with E-state index >= 15 is 0 Å². The van der Waals surface area contributed by atoms with E-state index in [0.717, 1.165) is 28.5 Å². The molecule has 2 heterocycles. The van der Waals surface area contributed by atoms with E-state index in [1.807, 2.05) is 6.92 Å². The van der Waals surface area contributed by atoms with Gasteiger partial charge in [-0.25, -0.2) is 0 Å². The molecule has 0 N–H and O–H groups in total. The van der Waals surface area contributed by atoms with Gasteiger partial charge in [0, 0.05) is 24.3 Å². The third kappa shape index (κ3) is 1.13. The molecule has 0 atom stereocenters. The van der Waals surface area contributed by atoms with Crippen LogP contribution in [-0.2, 0) is 4.79 Å². The maximum atomic E-state index is 11.3. The molecule has 0 unspecified atom stereocenters. The number of thioether (sulfide) groups is 1. The first kappa shape index (κ1) is 7.10. The standard InChI is InChI=1S/C8H9NOS/c1-5-4-7(10)8-6(9-5)2-3-11-8/h2-4H2,1H3. The number of rotatable bonds is 0. The second kappa shape index (κ2) is 2.48. The van der Waals surface area contributed by atoms with Gasteiger partial charge < -0.3 is 0 Å². The molecule has 2 nitrogen and oxygen atoms in total. The van der Waals surface area contributed by atoms with Crippen molar-refractivity contribution < 1.29 is 4.79 Å². The number of hydrogen-bond donors (Lipinski definition) is 0. The van der Waals surface area contributed by atoms with Crippen LogP contribution in [0.5, 0.6) is 0 Å². The van der Waals surface area contributed by atoms with Gasteiger partial charge in [-0.15, -0.1) is 11.8 Å². The van der Waals surface area contributed by atoms with E-state index in [2.05, 4.69) is 4.99 Å². The van der Waals surface area contributed by atoms with Crippen LogP contribution in [0.4, 0.5) is 0 Å². The van der Waals surface area contributed by atoms with Crippen LogP contribution in [0, 0.1) is 0 Å². The van der Waals surface area contributed by atoms with Gasteiger partial charge >= 0.3 is 0 Å². The van der Waals surface area contributed by atoms with Crippen LogP contribution < -0.4 is 0 Å². The van der Waals surface area contributed by atoms with Gasteiger partial charge in [-0.3, -0.25) is 9.79 Å². The first-order valence-corrected chi connectivity index (χ1v) is 4.69. The Morgan fingerprint density at radius 2 is 2.36 bits per heavy atom. The Kier molecular flexibility index (Phi) is 1.60.